The van der Waals surface area contributed by atoms with E-state index in [-0.39, 0.29) is 61.8 Å². The molecule has 10 rings (SSSR count). The van der Waals surface area contributed by atoms with Crippen molar-refractivity contribution in [3.8, 4) is 0 Å². The second-order valence-electron chi connectivity index (χ2n) is 16.6. The Labute approximate surface area is 447 Å². The molecule has 2 aliphatic carbocycles. The third kappa shape index (κ3) is 16.6. The molecule has 0 aliphatic heterocycles. The van der Waals surface area contributed by atoms with Crippen molar-refractivity contribution in [2.24, 2.45) is 11.8 Å². The Bertz CT molecular complexity index is 2400. The minimum Gasteiger partial charge on any atom is -1.00 e. The first-order valence-electron chi connectivity index (χ1n) is 23.2. The summed E-state index contributed by atoms with van der Waals surface area (Å²) in [5.74, 6) is 1.45. The summed E-state index contributed by atoms with van der Waals surface area (Å²) in [4.78, 5) is 0. The van der Waals surface area contributed by atoms with Crippen LogP contribution in [0.4, 0.5) is 0 Å². The molecule has 0 radical (unpaired) electrons. The quantitative estimate of drug-likeness (QED) is 0.0849. The maximum Gasteiger partial charge on any atom is 2.00 e. The number of benzene rings is 6. The number of rotatable bonds is 12. The third-order valence-corrected chi connectivity index (χ3v) is 16.5. The Morgan fingerprint density at radius 2 is 0.735 bits per heavy atom. The topological polar surface area (TPSA) is 0 Å². The van der Waals surface area contributed by atoms with Crippen molar-refractivity contribution < 1.29 is 61.8 Å². The van der Waals surface area contributed by atoms with Gasteiger partial charge in [-0.3, -0.25) is 12.2 Å². The summed E-state index contributed by atoms with van der Waals surface area (Å²) in [6, 6.07) is 70.0. The number of fused-ring (bicyclic) bond motifs is 2. The summed E-state index contributed by atoms with van der Waals surface area (Å²) < 4.78 is 0. The zero-order chi connectivity index (χ0) is 44.4. The molecule has 0 fully saturated rings. The van der Waals surface area contributed by atoms with Crippen LogP contribution < -0.4 is 41.2 Å². The fraction of sp³-hybridized carbons (Fsp3) is 0.194. The Kier molecular flexibility index (Phi) is 26.8. The summed E-state index contributed by atoms with van der Waals surface area (Å²) in [7, 11) is -0.986. The van der Waals surface area contributed by atoms with Crippen LogP contribution in [-0.2, 0) is 52.4 Å². The smallest absolute Gasteiger partial charge is 1.00 e. The average Bonchev–Trinajstić information content (AvgIpc) is 4.20. The van der Waals surface area contributed by atoms with E-state index in [2.05, 4.69) is 258 Å². The number of halogens is 2. The number of hydrogen-bond donors (Lipinski definition) is 0. The molecule has 68 heavy (non-hydrogen) atoms. The summed E-state index contributed by atoms with van der Waals surface area (Å²) >= 11 is 0. The van der Waals surface area contributed by atoms with Gasteiger partial charge in [-0.05, 0) is 49.9 Å². The van der Waals surface area contributed by atoms with Crippen molar-refractivity contribution in [3.63, 3.8) is 0 Å². The second-order valence-corrected chi connectivity index (χ2v) is 21.0. The van der Waals surface area contributed by atoms with E-state index >= 15 is 0 Å². The van der Waals surface area contributed by atoms with E-state index in [0.29, 0.717) is 0 Å². The SMILES string of the molecule is CCCC(C)C1=[C-]CC=C1.CCCC(C)C1=[C-]CC=C1.[F-].[F-].[Zr+2].[Zr+2].c1ccc(P(c2ccccc2)c2cc3ccccc3[cH-]2)cc1.c1ccc(P(c2ccccc2)c2cc3ccccc3[cH-]2)cc1. The molecule has 2 atom stereocenters. The van der Waals surface area contributed by atoms with Gasteiger partial charge in [0, 0.05) is 0 Å². The van der Waals surface area contributed by atoms with E-state index in [4.69, 9.17) is 0 Å². The van der Waals surface area contributed by atoms with Crippen molar-refractivity contribution in [3.05, 3.63) is 242 Å². The van der Waals surface area contributed by atoms with Gasteiger partial charge in [-0.1, -0.05) is 186 Å². The predicted molar refractivity (Wildman–Crippen MR) is 286 cm³/mol. The minimum atomic E-state index is -0.493. The zero-order valence-electron chi connectivity index (χ0n) is 39.8. The van der Waals surface area contributed by atoms with Gasteiger partial charge >= 0.3 is 52.4 Å². The molecule has 0 heterocycles. The van der Waals surface area contributed by atoms with E-state index in [1.165, 1.54) is 90.2 Å². The molecule has 2 unspecified atom stereocenters. The van der Waals surface area contributed by atoms with E-state index in [0.717, 1.165) is 24.7 Å². The van der Waals surface area contributed by atoms with E-state index in [9.17, 15) is 0 Å². The van der Waals surface area contributed by atoms with E-state index in [1.54, 1.807) is 0 Å². The van der Waals surface area contributed by atoms with Crippen LogP contribution in [0.25, 0.3) is 21.5 Å². The Hall–Kier alpha value is -4.01. The van der Waals surface area contributed by atoms with Crippen LogP contribution in [0.5, 0.6) is 0 Å². The zero-order valence-corrected chi connectivity index (χ0v) is 46.5. The Morgan fingerprint density at radius 3 is 1.00 bits per heavy atom. The molecule has 0 saturated heterocycles. The molecule has 0 amide bonds. The third-order valence-electron chi connectivity index (χ3n) is 11.7. The molecule has 344 valence electrons. The Balaban J connectivity index is 0.000000251. The van der Waals surface area contributed by atoms with Crippen LogP contribution in [0, 0.1) is 24.0 Å². The molecule has 2 aliphatic rings. The van der Waals surface area contributed by atoms with Crippen molar-refractivity contribution in [2.45, 2.75) is 66.2 Å². The summed E-state index contributed by atoms with van der Waals surface area (Å²) in [6.07, 6.45) is 22.7. The van der Waals surface area contributed by atoms with Crippen molar-refractivity contribution in [1.29, 1.82) is 0 Å². The van der Waals surface area contributed by atoms with Gasteiger partial charge < -0.3 is 9.41 Å². The molecule has 0 saturated carbocycles. The largest absolute Gasteiger partial charge is 2.00 e. The maximum absolute atomic E-state index is 3.35. The first kappa shape index (κ1) is 58.3. The molecule has 8 aromatic rings. The van der Waals surface area contributed by atoms with Gasteiger partial charge in [-0.2, -0.15) is 24.3 Å². The fourth-order valence-corrected chi connectivity index (χ4v) is 13.2. The molecule has 0 N–H and O–H groups in total. The second kappa shape index (κ2) is 31.3. The summed E-state index contributed by atoms with van der Waals surface area (Å²) in [5, 5.41) is 13.8. The van der Waals surface area contributed by atoms with Gasteiger partial charge in [0.1, 0.15) is 0 Å². The van der Waals surface area contributed by atoms with Crippen LogP contribution in [0.2, 0.25) is 0 Å². The monoisotopic (exact) mass is 1090 g/mol. The van der Waals surface area contributed by atoms with Gasteiger partial charge in [0.15, 0.2) is 0 Å². The molecule has 0 bridgehead atoms. The molecule has 0 aromatic heterocycles. The van der Waals surface area contributed by atoms with Crippen molar-refractivity contribution >= 4 is 69.2 Å². The molecule has 8 aromatic carbocycles. The van der Waals surface area contributed by atoms with Crippen LogP contribution in [-0.4, -0.2) is 0 Å². The molecule has 0 spiro atoms. The summed E-state index contributed by atoms with van der Waals surface area (Å²) in [6.45, 7) is 9.02. The normalized spacial score (nSPS) is 12.9. The van der Waals surface area contributed by atoms with Gasteiger partial charge in [0.2, 0.25) is 0 Å². The first-order chi connectivity index (χ1) is 31.5. The van der Waals surface area contributed by atoms with Gasteiger partial charge in [-0.15, -0.1) is 93.5 Å². The van der Waals surface area contributed by atoms with Crippen molar-refractivity contribution in [1.82, 2.24) is 0 Å². The Morgan fingerprint density at radius 1 is 0.441 bits per heavy atom. The van der Waals surface area contributed by atoms with Crippen LogP contribution in [0.3, 0.4) is 0 Å². The number of hydrogen-bond acceptors (Lipinski definition) is 0. The molecule has 0 nitrogen and oxygen atoms in total. The predicted octanol–water partition coefficient (Wildman–Crippen LogP) is 8.86. The minimum absolute atomic E-state index is 0. The van der Waals surface area contributed by atoms with Gasteiger partial charge in [-0.25, -0.2) is 23.3 Å². The summed E-state index contributed by atoms with van der Waals surface area (Å²) in [5.41, 5.74) is 2.84. The van der Waals surface area contributed by atoms with Crippen molar-refractivity contribution in [2.75, 3.05) is 0 Å². The van der Waals surface area contributed by atoms with E-state index < -0.39 is 15.8 Å². The first-order valence-corrected chi connectivity index (χ1v) is 25.9. The maximum atomic E-state index is 3.35. The van der Waals surface area contributed by atoms with Crippen LogP contribution >= 0.6 is 15.8 Å². The fourth-order valence-electron chi connectivity index (χ4n) is 8.43. The average molecular weight is 1090 g/mol. The van der Waals surface area contributed by atoms with Crippen LogP contribution in [0.15, 0.2) is 230 Å². The number of allylic oxidation sites excluding steroid dienone is 8. The molecular weight excluding hydrogens is 1030 g/mol. The van der Waals surface area contributed by atoms with E-state index in [1.807, 2.05) is 0 Å². The van der Waals surface area contributed by atoms with Gasteiger partial charge in [0.05, 0.1) is 0 Å². The standard InChI is InChI=1S/2C21H16P.2C10H15.2FH.2Zr/c2*1-3-11-19(12-4-1)22(20-13-5-2-6-14-20)21-15-17-9-7-8-10-18(17)16-21;2*1-3-6-9(2)10-7-4-5-8-10;;;;/h2*1-16H;2*4,7,9H,3,5-6H2,1-2H3;2*1H;;/q4*-1;;;2*+2/p-2. The molecule has 6 heteroatoms. The van der Waals surface area contributed by atoms with Crippen LogP contribution in [0.1, 0.15) is 66.2 Å². The molecular formula is C62H62F2P2Zr2-2. The van der Waals surface area contributed by atoms with Gasteiger partial charge in [0.25, 0.3) is 0 Å².